The van der Waals surface area contributed by atoms with Gasteiger partial charge < -0.3 is 16.6 Å². The molecule has 20 heavy (non-hydrogen) atoms. The van der Waals surface area contributed by atoms with Crippen molar-refractivity contribution in [2.24, 2.45) is 16.6 Å². The number of amides is 1. The zero-order valence-electron chi connectivity index (χ0n) is 10.2. The number of aromatic hydroxyl groups is 1. The van der Waals surface area contributed by atoms with Gasteiger partial charge in [-0.15, -0.1) is 10.2 Å². The number of nitrogens with zero attached hydrogens (tertiary/aromatic N) is 4. The summed E-state index contributed by atoms with van der Waals surface area (Å²) in [6.45, 7) is 0. The summed E-state index contributed by atoms with van der Waals surface area (Å²) < 4.78 is 0. The maximum Gasteiger partial charge on any atom is 0.271 e. The molecule has 0 spiro atoms. The van der Waals surface area contributed by atoms with Crippen LogP contribution in [0.5, 0.6) is 5.75 Å². The fraction of sp³-hybridized carbons (Fsp3) is 0. The monoisotopic (exact) mass is 276 g/mol. The van der Waals surface area contributed by atoms with Crippen LogP contribution in [0.15, 0.2) is 36.0 Å². The van der Waals surface area contributed by atoms with E-state index in [-0.39, 0.29) is 23.0 Å². The Morgan fingerprint density at radius 2 is 2.20 bits per heavy atom. The molecule has 0 saturated carbocycles. The highest BCUT2D eigenvalue weighted by molar-refractivity contribution is 6.00. The van der Waals surface area contributed by atoms with Crippen molar-refractivity contribution in [2.45, 2.75) is 0 Å². The van der Waals surface area contributed by atoms with Crippen LogP contribution in [0.25, 0.3) is 0 Å². The van der Waals surface area contributed by atoms with E-state index in [1.54, 1.807) is 0 Å². The topological polar surface area (TPSA) is 156 Å². The minimum atomic E-state index is -0.459. The smallest absolute Gasteiger partial charge is 0.271 e. The summed E-state index contributed by atoms with van der Waals surface area (Å²) >= 11 is 0. The number of aromatic nitrogens is 3. The van der Waals surface area contributed by atoms with E-state index in [2.05, 4.69) is 26.0 Å². The third kappa shape index (κ3) is 3.13. The largest absolute Gasteiger partial charge is 0.506 e. The van der Waals surface area contributed by atoms with Gasteiger partial charge >= 0.3 is 0 Å². The summed E-state index contributed by atoms with van der Waals surface area (Å²) in [7, 11) is 0. The number of hydrazone groups is 1. The molecule has 2 aromatic rings. The second-order valence-corrected chi connectivity index (χ2v) is 3.66. The number of benzene rings is 1. The predicted octanol–water partition coefficient (Wildman–Crippen LogP) is -1.03. The van der Waals surface area contributed by atoms with Gasteiger partial charge in [0.2, 0.25) is 5.96 Å². The Morgan fingerprint density at radius 3 is 2.80 bits per heavy atom. The lowest BCUT2D eigenvalue weighted by molar-refractivity contribution is 0.100. The number of nitrogens with one attached hydrogen (secondary N) is 2. The van der Waals surface area contributed by atoms with Gasteiger partial charge in [-0.25, -0.2) is 10.4 Å². The van der Waals surface area contributed by atoms with Crippen LogP contribution in [0.4, 0.5) is 5.69 Å². The zero-order valence-corrected chi connectivity index (χ0v) is 10.2. The molecule has 7 N–H and O–H groups in total. The average molecular weight is 276 g/mol. The van der Waals surface area contributed by atoms with E-state index in [0.717, 1.165) is 4.79 Å². The number of phenolic OH excluding ortho intramolecular Hbond substituents is 1. The van der Waals surface area contributed by atoms with Crippen LogP contribution in [0.1, 0.15) is 10.4 Å². The molecule has 0 unspecified atom stereocenters. The number of rotatable bonds is 4. The van der Waals surface area contributed by atoms with Crippen molar-refractivity contribution in [3.8, 4) is 5.75 Å². The van der Waals surface area contributed by atoms with Gasteiger partial charge in [0.1, 0.15) is 18.4 Å². The molecule has 0 fully saturated rings. The van der Waals surface area contributed by atoms with Gasteiger partial charge in [0.25, 0.3) is 5.91 Å². The van der Waals surface area contributed by atoms with Gasteiger partial charge in [-0.3, -0.25) is 10.2 Å². The van der Waals surface area contributed by atoms with Crippen molar-refractivity contribution in [2.75, 3.05) is 10.9 Å². The standard InChI is InChI=1S/C10H12N8O2/c11-10(12)16-15-7-2-1-6(3-8(7)19)9(20)17-18-5-13-4-14-18/h1-5,15,19H,(H,17,20)(H4,11,12,16). The summed E-state index contributed by atoms with van der Waals surface area (Å²) in [6.07, 6.45) is 2.60. The summed E-state index contributed by atoms with van der Waals surface area (Å²) in [6, 6.07) is 4.20. The molecule has 0 radical (unpaired) electrons. The molecule has 104 valence electrons. The minimum Gasteiger partial charge on any atom is -0.506 e. The van der Waals surface area contributed by atoms with E-state index in [1.807, 2.05) is 0 Å². The fourth-order valence-corrected chi connectivity index (χ4v) is 1.33. The first kappa shape index (κ1) is 13.1. The Kier molecular flexibility index (Phi) is 3.65. The van der Waals surface area contributed by atoms with E-state index in [0.29, 0.717) is 0 Å². The Balaban J connectivity index is 2.12. The van der Waals surface area contributed by atoms with Crippen molar-refractivity contribution >= 4 is 17.6 Å². The molecule has 10 nitrogen and oxygen atoms in total. The lowest BCUT2D eigenvalue weighted by Crippen LogP contribution is -2.24. The first-order valence-corrected chi connectivity index (χ1v) is 5.40. The van der Waals surface area contributed by atoms with E-state index in [4.69, 9.17) is 11.5 Å². The third-order valence-electron chi connectivity index (χ3n) is 2.20. The van der Waals surface area contributed by atoms with E-state index < -0.39 is 5.91 Å². The molecule has 10 heteroatoms. The highest BCUT2D eigenvalue weighted by Crippen LogP contribution is 2.24. The Hall–Kier alpha value is -3.30. The molecule has 0 atom stereocenters. The van der Waals surface area contributed by atoms with Crippen LogP contribution >= 0.6 is 0 Å². The number of anilines is 1. The van der Waals surface area contributed by atoms with Gasteiger partial charge in [0.05, 0.1) is 5.69 Å². The molecule has 0 saturated heterocycles. The number of carbonyl (C=O) groups excluding carboxylic acids is 1. The van der Waals surface area contributed by atoms with Crippen molar-refractivity contribution in [1.82, 2.24) is 14.9 Å². The maximum atomic E-state index is 11.8. The van der Waals surface area contributed by atoms with Crippen LogP contribution < -0.4 is 22.3 Å². The first-order valence-electron chi connectivity index (χ1n) is 5.40. The molecular weight excluding hydrogens is 264 g/mol. The number of carbonyl (C=O) groups is 1. The molecule has 0 aliphatic rings. The van der Waals surface area contributed by atoms with Gasteiger partial charge in [0, 0.05) is 5.56 Å². The molecule has 1 heterocycles. The second kappa shape index (κ2) is 5.56. The van der Waals surface area contributed by atoms with E-state index in [1.165, 1.54) is 30.9 Å². The zero-order chi connectivity index (χ0) is 14.5. The highest BCUT2D eigenvalue weighted by atomic mass is 16.3. The van der Waals surface area contributed by atoms with Crippen molar-refractivity contribution in [1.29, 1.82) is 0 Å². The van der Waals surface area contributed by atoms with Crippen LogP contribution in [0.3, 0.4) is 0 Å². The molecule has 0 aliphatic carbocycles. The highest BCUT2D eigenvalue weighted by Gasteiger charge is 2.09. The van der Waals surface area contributed by atoms with Crippen LogP contribution in [-0.4, -0.2) is 31.8 Å². The fourth-order valence-electron chi connectivity index (χ4n) is 1.33. The van der Waals surface area contributed by atoms with E-state index >= 15 is 0 Å². The summed E-state index contributed by atoms with van der Waals surface area (Å²) in [4.78, 5) is 16.7. The van der Waals surface area contributed by atoms with Gasteiger partial charge in [0.15, 0.2) is 0 Å². The Labute approximate surface area is 113 Å². The number of guanidine groups is 1. The molecule has 1 aromatic heterocycles. The number of phenols is 1. The molecule has 1 aromatic carbocycles. The summed E-state index contributed by atoms with van der Waals surface area (Å²) in [5.41, 5.74) is 15.7. The van der Waals surface area contributed by atoms with Crippen LogP contribution in [-0.2, 0) is 0 Å². The summed E-state index contributed by atoms with van der Waals surface area (Å²) in [5, 5.41) is 17.0. The second-order valence-electron chi connectivity index (χ2n) is 3.66. The van der Waals surface area contributed by atoms with E-state index in [9.17, 15) is 9.90 Å². The SMILES string of the molecule is NC(N)=NNc1ccc(C(=O)Nn2cncn2)cc1O. The third-order valence-corrected chi connectivity index (χ3v) is 2.20. The van der Waals surface area contributed by atoms with Gasteiger partial charge in [-0.1, -0.05) is 0 Å². The molecule has 1 amide bonds. The van der Waals surface area contributed by atoms with Crippen molar-refractivity contribution in [3.63, 3.8) is 0 Å². The quantitative estimate of drug-likeness (QED) is 0.207. The lowest BCUT2D eigenvalue weighted by Gasteiger charge is -2.07. The molecule has 0 bridgehead atoms. The molecule has 0 aliphatic heterocycles. The van der Waals surface area contributed by atoms with Crippen LogP contribution in [0, 0.1) is 0 Å². The lowest BCUT2D eigenvalue weighted by atomic mass is 10.2. The molecular formula is C10H12N8O2. The first-order chi connectivity index (χ1) is 9.56. The van der Waals surface area contributed by atoms with Crippen molar-refractivity contribution in [3.05, 3.63) is 36.4 Å². The predicted molar refractivity (Wildman–Crippen MR) is 71.3 cm³/mol. The Morgan fingerprint density at radius 1 is 1.40 bits per heavy atom. The maximum absolute atomic E-state index is 11.8. The van der Waals surface area contributed by atoms with Gasteiger partial charge in [-0.05, 0) is 18.2 Å². The Bertz CT molecular complexity index is 633. The molecule has 2 rings (SSSR count). The average Bonchev–Trinajstić information content (AvgIpc) is 2.89. The van der Waals surface area contributed by atoms with Crippen LogP contribution in [0.2, 0.25) is 0 Å². The normalized spacial score (nSPS) is 9.80. The number of hydrogen-bond acceptors (Lipinski definition) is 6. The van der Waals surface area contributed by atoms with Crippen molar-refractivity contribution < 1.29 is 9.90 Å². The summed E-state index contributed by atoms with van der Waals surface area (Å²) in [5.74, 6) is -0.821. The number of nitrogens with two attached hydrogens (primary N) is 2. The van der Waals surface area contributed by atoms with Gasteiger partial charge in [-0.2, -0.15) is 4.79 Å². The minimum absolute atomic E-state index is 0.179. The number of hydrogen-bond donors (Lipinski definition) is 5.